The molecule has 1 aliphatic rings. The summed E-state index contributed by atoms with van der Waals surface area (Å²) in [5.41, 5.74) is 1.16. The van der Waals surface area contributed by atoms with Crippen LogP contribution in [-0.2, 0) is 6.54 Å². The van der Waals surface area contributed by atoms with Gasteiger partial charge < -0.3 is 15.7 Å². The Morgan fingerprint density at radius 1 is 1.21 bits per heavy atom. The standard InChI is InChI=1S/C20H24N6O2/c27-16-7-5-15(6-8-16)24-20-22-13-14-3-1-4-17(18(14)25-20)19(28)21-10-12-26-11-2-9-23-26/h1-4,9,11,13,15-16,27H,5-8,10,12H2,(H,21,28)(H,22,24,25). The van der Waals surface area contributed by atoms with Gasteiger partial charge in [0.25, 0.3) is 5.91 Å². The lowest BCUT2D eigenvalue weighted by Crippen LogP contribution is -2.29. The second-order valence-electron chi connectivity index (χ2n) is 7.11. The molecule has 0 atom stereocenters. The van der Waals surface area contributed by atoms with Crippen molar-refractivity contribution in [2.75, 3.05) is 11.9 Å². The molecular weight excluding hydrogens is 356 g/mol. The average molecular weight is 380 g/mol. The van der Waals surface area contributed by atoms with Gasteiger partial charge in [0, 0.05) is 36.6 Å². The normalized spacial score (nSPS) is 19.5. The van der Waals surface area contributed by atoms with Crippen molar-refractivity contribution < 1.29 is 9.90 Å². The summed E-state index contributed by atoms with van der Waals surface area (Å²) in [7, 11) is 0. The number of para-hydroxylation sites is 1. The first-order chi connectivity index (χ1) is 13.7. The molecule has 3 N–H and O–H groups in total. The predicted molar refractivity (Wildman–Crippen MR) is 106 cm³/mol. The quantitative estimate of drug-likeness (QED) is 0.604. The molecule has 1 aromatic carbocycles. The maximum absolute atomic E-state index is 12.7. The summed E-state index contributed by atoms with van der Waals surface area (Å²) in [6.07, 6.45) is 8.46. The fourth-order valence-corrected chi connectivity index (χ4v) is 3.52. The molecule has 8 heteroatoms. The average Bonchev–Trinajstić information content (AvgIpc) is 3.23. The molecule has 0 bridgehead atoms. The van der Waals surface area contributed by atoms with Crippen molar-refractivity contribution in [1.29, 1.82) is 0 Å². The van der Waals surface area contributed by atoms with E-state index in [2.05, 4.69) is 25.7 Å². The maximum Gasteiger partial charge on any atom is 0.253 e. The molecule has 8 nitrogen and oxygen atoms in total. The number of hydrogen-bond donors (Lipinski definition) is 3. The zero-order chi connectivity index (χ0) is 19.3. The highest BCUT2D eigenvalue weighted by Crippen LogP contribution is 2.22. The van der Waals surface area contributed by atoms with E-state index in [9.17, 15) is 9.90 Å². The lowest BCUT2D eigenvalue weighted by atomic mass is 9.93. The number of rotatable bonds is 6. The third-order valence-corrected chi connectivity index (χ3v) is 5.07. The third-order valence-electron chi connectivity index (χ3n) is 5.07. The van der Waals surface area contributed by atoms with Crippen molar-refractivity contribution in [3.05, 3.63) is 48.4 Å². The Balaban J connectivity index is 1.47. The molecule has 1 amide bonds. The van der Waals surface area contributed by atoms with E-state index in [0.717, 1.165) is 31.1 Å². The molecule has 2 heterocycles. The maximum atomic E-state index is 12.7. The van der Waals surface area contributed by atoms with Crippen LogP contribution in [0.2, 0.25) is 0 Å². The number of anilines is 1. The van der Waals surface area contributed by atoms with Crippen molar-refractivity contribution in [3.63, 3.8) is 0 Å². The number of nitrogens with one attached hydrogen (secondary N) is 2. The van der Waals surface area contributed by atoms with E-state index in [1.165, 1.54) is 0 Å². The van der Waals surface area contributed by atoms with Crippen molar-refractivity contribution in [2.24, 2.45) is 0 Å². The molecule has 1 fully saturated rings. The smallest absolute Gasteiger partial charge is 0.253 e. The van der Waals surface area contributed by atoms with Gasteiger partial charge in [-0.3, -0.25) is 9.48 Å². The van der Waals surface area contributed by atoms with Crippen LogP contribution in [0.5, 0.6) is 0 Å². The number of carbonyl (C=O) groups is 1. The van der Waals surface area contributed by atoms with Gasteiger partial charge in [-0.1, -0.05) is 12.1 Å². The number of carbonyl (C=O) groups excluding carboxylic acids is 1. The van der Waals surface area contributed by atoms with E-state index in [-0.39, 0.29) is 18.1 Å². The number of aliphatic hydroxyl groups is 1. The Labute approximate surface area is 163 Å². The number of benzene rings is 1. The zero-order valence-corrected chi connectivity index (χ0v) is 15.6. The molecule has 0 unspecified atom stereocenters. The van der Waals surface area contributed by atoms with Crippen LogP contribution in [0.4, 0.5) is 5.95 Å². The van der Waals surface area contributed by atoms with Crippen LogP contribution in [0, 0.1) is 0 Å². The summed E-state index contributed by atoms with van der Waals surface area (Å²) >= 11 is 0. The van der Waals surface area contributed by atoms with Crippen LogP contribution >= 0.6 is 0 Å². The van der Waals surface area contributed by atoms with Gasteiger partial charge in [-0.05, 0) is 37.8 Å². The highest BCUT2D eigenvalue weighted by atomic mass is 16.3. The van der Waals surface area contributed by atoms with Crippen LogP contribution in [0.1, 0.15) is 36.0 Å². The summed E-state index contributed by atoms with van der Waals surface area (Å²) in [5.74, 6) is 0.355. The summed E-state index contributed by atoms with van der Waals surface area (Å²) in [4.78, 5) is 21.7. The Morgan fingerprint density at radius 3 is 2.86 bits per heavy atom. The van der Waals surface area contributed by atoms with Gasteiger partial charge in [0.2, 0.25) is 5.95 Å². The molecule has 0 radical (unpaired) electrons. The van der Waals surface area contributed by atoms with Crippen LogP contribution in [0.3, 0.4) is 0 Å². The van der Waals surface area contributed by atoms with E-state index in [4.69, 9.17) is 0 Å². The molecule has 3 aromatic rings. The largest absolute Gasteiger partial charge is 0.393 e. The molecule has 0 saturated heterocycles. The highest BCUT2D eigenvalue weighted by molar-refractivity contribution is 6.05. The van der Waals surface area contributed by atoms with E-state index >= 15 is 0 Å². The lowest BCUT2D eigenvalue weighted by Gasteiger charge is -2.26. The zero-order valence-electron chi connectivity index (χ0n) is 15.6. The first-order valence-electron chi connectivity index (χ1n) is 9.65. The van der Waals surface area contributed by atoms with Gasteiger partial charge in [0.05, 0.1) is 23.7 Å². The SMILES string of the molecule is O=C(NCCn1cccn1)c1cccc2cnc(NC3CCC(O)CC3)nc12. The lowest BCUT2D eigenvalue weighted by molar-refractivity contribution is 0.0953. The minimum absolute atomic E-state index is 0.164. The van der Waals surface area contributed by atoms with Crippen molar-refractivity contribution in [1.82, 2.24) is 25.1 Å². The summed E-state index contributed by atoms with van der Waals surface area (Å²) in [6, 6.07) is 7.61. The first kappa shape index (κ1) is 18.4. The van der Waals surface area contributed by atoms with E-state index in [0.29, 0.717) is 30.1 Å². The molecule has 1 aliphatic carbocycles. The van der Waals surface area contributed by atoms with E-state index < -0.39 is 0 Å². The molecule has 0 spiro atoms. The van der Waals surface area contributed by atoms with Crippen LogP contribution in [0.25, 0.3) is 10.9 Å². The van der Waals surface area contributed by atoms with Gasteiger partial charge in [-0.25, -0.2) is 9.97 Å². The second kappa shape index (κ2) is 8.35. The predicted octanol–water partition coefficient (Wildman–Crippen LogP) is 1.97. The van der Waals surface area contributed by atoms with Crippen molar-refractivity contribution in [2.45, 2.75) is 44.4 Å². The molecule has 1 saturated carbocycles. The van der Waals surface area contributed by atoms with E-state index in [1.807, 2.05) is 24.4 Å². The minimum atomic E-state index is -0.201. The number of fused-ring (bicyclic) bond motifs is 1. The number of nitrogens with zero attached hydrogens (tertiary/aromatic N) is 4. The second-order valence-corrected chi connectivity index (χ2v) is 7.11. The Bertz CT molecular complexity index is 935. The van der Waals surface area contributed by atoms with Gasteiger partial charge >= 0.3 is 0 Å². The fraction of sp³-hybridized carbons (Fsp3) is 0.400. The molecule has 4 rings (SSSR count). The summed E-state index contributed by atoms with van der Waals surface area (Å²) < 4.78 is 1.77. The third kappa shape index (κ3) is 4.28. The van der Waals surface area contributed by atoms with Gasteiger partial charge in [-0.15, -0.1) is 0 Å². The topological polar surface area (TPSA) is 105 Å². The van der Waals surface area contributed by atoms with Crippen LogP contribution in [0.15, 0.2) is 42.9 Å². The molecular formula is C20H24N6O2. The number of amides is 1. The molecule has 0 aliphatic heterocycles. The van der Waals surface area contributed by atoms with Gasteiger partial charge in [0.1, 0.15) is 0 Å². The Kier molecular flexibility index (Phi) is 5.48. The molecule has 28 heavy (non-hydrogen) atoms. The Hall–Kier alpha value is -3.00. The molecule has 146 valence electrons. The van der Waals surface area contributed by atoms with E-state index in [1.54, 1.807) is 23.1 Å². The van der Waals surface area contributed by atoms with Gasteiger partial charge in [0.15, 0.2) is 0 Å². The number of aromatic nitrogens is 4. The van der Waals surface area contributed by atoms with Crippen molar-refractivity contribution >= 4 is 22.8 Å². The number of aliphatic hydroxyl groups excluding tert-OH is 1. The minimum Gasteiger partial charge on any atom is -0.393 e. The first-order valence-corrected chi connectivity index (χ1v) is 9.65. The van der Waals surface area contributed by atoms with Crippen LogP contribution < -0.4 is 10.6 Å². The molecule has 2 aromatic heterocycles. The van der Waals surface area contributed by atoms with Crippen molar-refractivity contribution in [3.8, 4) is 0 Å². The van der Waals surface area contributed by atoms with Gasteiger partial charge in [-0.2, -0.15) is 5.10 Å². The number of hydrogen-bond acceptors (Lipinski definition) is 6. The summed E-state index contributed by atoms with van der Waals surface area (Å²) in [6.45, 7) is 1.09. The fourth-order valence-electron chi connectivity index (χ4n) is 3.52. The highest BCUT2D eigenvalue weighted by Gasteiger charge is 2.20. The monoisotopic (exact) mass is 380 g/mol. The van der Waals surface area contributed by atoms with Crippen LogP contribution in [-0.4, -0.2) is 49.5 Å². The Morgan fingerprint density at radius 2 is 2.07 bits per heavy atom. The summed E-state index contributed by atoms with van der Waals surface area (Å²) in [5, 5.41) is 20.9.